The Hall–Kier alpha value is -3.85. The third kappa shape index (κ3) is 5.06. The molecule has 6 nitrogen and oxygen atoms in total. The first-order valence-electron chi connectivity index (χ1n) is 10.8. The maximum atomic E-state index is 12.2. The lowest BCUT2D eigenvalue weighted by Crippen LogP contribution is -2.31. The maximum absolute atomic E-state index is 12.2. The fraction of sp³-hybridized carbons (Fsp3) is 0.269. The number of carbonyl (C=O) groups is 1. The summed E-state index contributed by atoms with van der Waals surface area (Å²) in [6.07, 6.45) is 5.02. The highest BCUT2D eigenvalue weighted by Gasteiger charge is 2.27. The summed E-state index contributed by atoms with van der Waals surface area (Å²) in [5.74, 6) is 7.99. The van der Waals surface area contributed by atoms with Crippen LogP contribution in [0.5, 0.6) is 11.5 Å². The standard InChI is InChI=1S/C26H26N4O2/c1-2-7-23(31)19-8-6-9-20(16-19)30-26-24(25(27)28-17-29-26)18-12-14-22(15-13-18)32-21-10-4-3-5-11-21/h3-5,10-15,17,19-20H,6,8-9,16H2,1H3,(H3,27,28,29,30)/t19-,20+/m0/s1. The van der Waals surface area contributed by atoms with E-state index in [9.17, 15) is 4.79 Å². The molecule has 3 N–H and O–H groups in total. The van der Waals surface area contributed by atoms with Gasteiger partial charge in [-0.2, -0.15) is 0 Å². The van der Waals surface area contributed by atoms with Crippen LogP contribution in [0, 0.1) is 17.8 Å². The van der Waals surface area contributed by atoms with Crippen molar-refractivity contribution in [2.45, 2.75) is 38.6 Å². The van der Waals surface area contributed by atoms with Crippen LogP contribution >= 0.6 is 0 Å². The highest BCUT2D eigenvalue weighted by Crippen LogP contribution is 2.35. The average molecular weight is 427 g/mol. The molecule has 0 saturated heterocycles. The van der Waals surface area contributed by atoms with Crippen molar-refractivity contribution < 1.29 is 9.53 Å². The van der Waals surface area contributed by atoms with Gasteiger partial charge in [-0.3, -0.25) is 4.79 Å². The van der Waals surface area contributed by atoms with Crippen LogP contribution in [0.4, 0.5) is 11.6 Å². The van der Waals surface area contributed by atoms with Crippen molar-refractivity contribution in [3.63, 3.8) is 0 Å². The second kappa shape index (κ2) is 9.97. The Labute approximate surface area is 188 Å². The summed E-state index contributed by atoms with van der Waals surface area (Å²) >= 11 is 0. The van der Waals surface area contributed by atoms with Crippen molar-refractivity contribution in [2.75, 3.05) is 11.1 Å². The molecule has 0 unspecified atom stereocenters. The summed E-state index contributed by atoms with van der Waals surface area (Å²) in [5.41, 5.74) is 7.89. The van der Waals surface area contributed by atoms with Crippen LogP contribution in [0.25, 0.3) is 11.1 Å². The van der Waals surface area contributed by atoms with E-state index in [1.807, 2.05) is 54.6 Å². The van der Waals surface area contributed by atoms with E-state index < -0.39 is 0 Å². The second-order valence-corrected chi connectivity index (χ2v) is 7.87. The van der Waals surface area contributed by atoms with E-state index in [4.69, 9.17) is 10.5 Å². The zero-order chi connectivity index (χ0) is 22.3. The van der Waals surface area contributed by atoms with Gasteiger partial charge in [-0.25, -0.2) is 9.97 Å². The Balaban J connectivity index is 1.53. The summed E-state index contributed by atoms with van der Waals surface area (Å²) in [4.78, 5) is 20.9. The summed E-state index contributed by atoms with van der Waals surface area (Å²) in [7, 11) is 0. The van der Waals surface area contributed by atoms with Gasteiger partial charge in [-0.15, -0.1) is 0 Å². The fourth-order valence-electron chi connectivity index (χ4n) is 4.09. The molecule has 1 aromatic heterocycles. The zero-order valence-electron chi connectivity index (χ0n) is 18.0. The van der Waals surface area contributed by atoms with E-state index in [-0.39, 0.29) is 17.7 Å². The van der Waals surface area contributed by atoms with E-state index >= 15 is 0 Å². The minimum absolute atomic E-state index is 0.0235. The average Bonchev–Trinajstić information content (AvgIpc) is 2.81. The molecule has 6 heteroatoms. The lowest BCUT2D eigenvalue weighted by molar-refractivity contribution is -0.118. The Kier molecular flexibility index (Phi) is 6.66. The van der Waals surface area contributed by atoms with Gasteiger partial charge in [0.1, 0.15) is 29.5 Å². The molecule has 3 aromatic rings. The van der Waals surface area contributed by atoms with Gasteiger partial charge in [0.15, 0.2) is 0 Å². The minimum atomic E-state index is -0.0363. The molecule has 1 fully saturated rings. The summed E-state index contributed by atoms with van der Waals surface area (Å²) in [6, 6.07) is 17.5. The molecule has 1 saturated carbocycles. The van der Waals surface area contributed by atoms with Gasteiger partial charge in [0, 0.05) is 12.0 Å². The lowest BCUT2D eigenvalue weighted by atomic mass is 9.83. The number of nitrogen functional groups attached to an aromatic ring is 1. The Bertz CT molecular complexity index is 1130. The number of aromatic nitrogens is 2. The number of Topliss-reactive ketones (excluding diaryl/α,β-unsaturated/α-hetero) is 1. The van der Waals surface area contributed by atoms with Crippen molar-refractivity contribution >= 4 is 17.4 Å². The molecule has 0 spiro atoms. The number of para-hydroxylation sites is 1. The van der Waals surface area contributed by atoms with Crippen LogP contribution < -0.4 is 15.8 Å². The van der Waals surface area contributed by atoms with Crippen LogP contribution in [0.15, 0.2) is 60.9 Å². The molecule has 0 amide bonds. The smallest absolute Gasteiger partial charge is 0.208 e. The number of hydrogen-bond acceptors (Lipinski definition) is 6. The van der Waals surface area contributed by atoms with Crippen LogP contribution in [-0.4, -0.2) is 21.8 Å². The summed E-state index contributed by atoms with van der Waals surface area (Å²) < 4.78 is 5.88. The van der Waals surface area contributed by atoms with Crippen molar-refractivity contribution in [2.24, 2.45) is 5.92 Å². The number of ketones is 1. The first kappa shape index (κ1) is 21.4. The molecule has 1 aliphatic carbocycles. The number of nitrogens with two attached hydrogens (primary N) is 1. The van der Waals surface area contributed by atoms with Crippen molar-refractivity contribution in [1.29, 1.82) is 0 Å². The Morgan fingerprint density at radius 3 is 2.56 bits per heavy atom. The van der Waals surface area contributed by atoms with Gasteiger partial charge in [0.25, 0.3) is 0 Å². The molecule has 2 atom stereocenters. The van der Waals surface area contributed by atoms with Crippen LogP contribution in [-0.2, 0) is 4.79 Å². The molecule has 1 heterocycles. The van der Waals surface area contributed by atoms with Crippen molar-refractivity contribution in [3.05, 3.63) is 60.9 Å². The predicted octanol–water partition coefficient (Wildman–Crippen LogP) is 5.08. The number of hydrogen-bond donors (Lipinski definition) is 2. The SMILES string of the molecule is CC#CC(=O)[C@H]1CCC[C@@H](Nc2ncnc(N)c2-c2ccc(Oc3ccccc3)cc2)C1. The highest BCUT2D eigenvalue weighted by atomic mass is 16.5. The van der Waals surface area contributed by atoms with Gasteiger partial charge in [0.05, 0.1) is 5.56 Å². The molecule has 0 radical (unpaired) electrons. The molecular weight excluding hydrogens is 400 g/mol. The summed E-state index contributed by atoms with van der Waals surface area (Å²) in [6.45, 7) is 1.70. The Morgan fingerprint density at radius 1 is 1.06 bits per heavy atom. The third-order valence-corrected chi connectivity index (χ3v) is 5.63. The molecule has 1 aliphatic rings. The maximum Gasteiger partial charge on any atom is 0.208 e. The Morgan fingerprint density at radius 2 is 1.81 bits per heavy atom. The normalized spacial score (nSPS) is 17.7. The van der Waals surface area contributed by atoms with Gasteiger partial charge in [-0.05, 0) is 61.9 Å². The number of nitrogens with one attached hydrogen (secondary N) is 1. The largest absolute Gasteiger partial charge is 0.457 e. The molecule has 0 aliphatic heterocycles. The van der Waals surface area contributed by atoms with E-state index in [0.717, 1.165) is 48.3 Å². The van der Waals surface area contributed by atoms with Gasteiger partial charge in [-0.1, -0.05) is 42.7 Å². The number of benzene rings is 2. The zero-order valence-corrected chi connectivity index (χ0v) is 18.0. The number of anilines is 2. The van der Waals surface area contributed by atoms with Gasteiger partial charge in [0.2, 0.25) is 5.78 Å². The monoisotopic (exact) mass is 426 g/mol. The number of carbonyl (C=O) groups excluding carboxylic acids is 1. The second-order valence-electron chi connectivity index (χ2n) is 7.87. The first-order chi connectivity index (χ1) is 15.6. The van der Waals surface area contributed by atoms with E-state index in [1.54, 1.807) is 6.92 Å². The third-order valence-electron chi connectivity index (χ3n) is 5.63. The predicted molar refractivity (Wildman–Crippen MR) is 126 cm³/mol. The number of rotatable bonds is 6. The minimum Gasteiger partial charge on any atom is -0.457 e. The molecule has 32 heavy (non-hydrogen) atoms. The molecule has 4 rings (SSSR count). The first-order valence-corrected chi connectivity index (χ1v) is 10.8. The summed E-state index contributed by atoms with van der Waals surface area (Å²) in [5, 5.41) is 3.51. The van der Waals surface area contributed by atoms with Crippen LogP contribution in [0.3, 0.4) is 0 Å². The molecule has 162 valence electrons. The van der Waals surface area contributed by atoms with Crippen LogP contribution in [0.1, 0.15) is 32.6 Å². The van der Waals surface area contributed by atoms with E-state index in [1.165, 1.54) is 6.33 Å². The number of ether oxygens (including phenoxy) is 1. The number of nitrogens with zero attached hydrogens (tertiary/aromatic N) is 2. The molecular formula is C26H26N4O2. The fourth-order valence-corrected chi connectivity index (χ4v) is 4.09. The van der Waals surface area contributed by atoms with E-state index in [0.29, 0.717) is 11.6 Å². The van der Waals surface area contributed by atoms with Crippen LogP contribution in [0.2, 0.25) is 0 Å². The highest BCUT2D eigenvalue weighted by molar-refractivity contribution is 5.97. The molecule has 2 aromatic carbocycles. The topological polar surface area (TPSA) is 90.1 Å². The quantitative estimate of drug-likeness (QED) is 0.422. The molecule has 0 bridgehead atoms. The van der Waals surface area contributed by atoms with Crippen molar-refractivity contribution in [1.82, 2.24) is 9.97 Å². The van der Waals surface area contributed by atoms with Crippen molar-refractivity contribution in [3.8, 4) is 34.5 Å². The van der Waals surface area contributed by atoms with Gasteiger partial charge >= 0.3 is 0 Å². The lowest BCUT2D eigenvalue weighted by Gasteiger charge is -2.29. The van der Waals surface area contributed by atoms with Gasteiger partial charge < -0.3 is 15.8 Å². The van der Waals surface area contributed by atoms with E-state index in [2.05, 4.69) is 27.1 Å².